The molecule has 0 atom stereocenters. The summed E-state index contributed by atoms with van der Waals surface area (Å²) in [5.41, 5.74) is -1.83. The summed E-state index contributed by atoms with van der Waals surface area (Å²) in [5.74, 6) is -1.91. The van der Waals surface area contributed by atoms with Crippen molar-refractivity contribution in [2.45, 2.75) is 0 Å². The Hall–Kier alpha value is -3.36. The third kappa shape index (κ3) is 2.97. The van der Waals surface area contributed by atoms with Gasteiger partial charge in [0.1, 0.15) is 5.75 Å². The number of aromatic nitrogens is 1. The molecule has 21 heavy (non-hydrogen) atoms. The molecule has 0 spiro atoms. The molecule has 2 aromatic rings. The van der Waals surface area contributed by atoms with Gasteiger partial charge in [0.05, 0.1) is 10.5 Å². The zero-order valence-electron chi connectivity index (χ0n) is 10.4. The first kappa shape index (κ1) is 14.1. The summed E-state index contributed by atoms with van der Waals surface area (Å²) in [6, 6.07) is 5.40. The van der Waals surface area contributed by atoms with Gasteiger partial charge in [-0.15, -0.1) is 0 Å². The number of H-pyrrole nitrogens is 1. The highest BCUT2D eigenvalue weighted by atomic mass is 16.6. The van der Waals surface area contributed by atoms with Crippen LogP contribution in [0.4, 0.5) is 11.4 Å². The lowest BCUT2D eigenvalue weighted by molar-refractivity contribution is -0.384. The first-order chi connectivity index (χ1) is 9.88. The lowest BCUT2D eigenvalue weighted by Gasteiger charge is -2.07. The number of phenolic OH excluding ortho intramolecular Hbond substituents is 1. The van der Waals surface area contributed by atoms with E-state index in [2.05, 4.69) is 5.32 Å². The summed E-state index contributed by atoms with van der Waals surface area (Å²) in [5, 5.41) is 31.8. The summed E-state index contributed by atoms with van der Waals surface area (Å²) >= 11 is 0. The van der Waals surface area contributed by atoms with Gasteiger partial charge in [0.2, 0.25) is 0 Å². The van der Waals surface area contributed by atoms with Crippen molar-refractivity contribution in [3.8, 4) is 11.6 Å². The lowest BCUT2D eigenvalue weighted by Crippen LogP contribution is -2.16. The van der Waals surface area contributed by atoms with E-state index in [0.717, 1.165) is 24.3 Å². The van der Waals surface area contributed by atoms with Crippen molar-refractivity contribution in [2.75, 3.05) is 5.32 Å². The Bertz CT molecular complexity index is 783. The van der Waals surface area contributed by atoms with Crippen molar-refractivity contribution in [2.24, 2.45) is 0 Å². The molecule has 1 aromatic heterocycles. The number of phenols is 1. The molecule has 4 N–H and O–H groups in total. The van der Waals surface area contributed by atoms with Crippen LogP contribution < -0.4 is 10.9 Å². The van der Waals surface area contributed by atoms with Crippen LogP contribution in [0.25, 0.3) is 0 Å². The van der Waals surface area contributed by atoms with E-state index in [9.17, 15) is 29.9 Å². The number of nitro benzene ring substituents is 1. The second-order valence-electron chi connectivity index (χ2n) is 4.00. The minimum absolute atomic E-state index is 0.214. The van der Waals surface area contributed by atoms with Crippen LogP contribution in [0.2, 0.25) is 0 Å². The Labute approximate surface area is 116 Å². The molecule has 0 unspecified atom stereocenters. The van der Waals surface area contributed by atoms with Gasteiger partial charge in [0, 0.05) is 18.2 Å². The number of hydrogen-bond acceptors (Lipinski definition) is 6. The number of aromatic amines is 1. The summed E-state index contributed by atoms with van der Waals surface area (Å²) in [4.78, 5) is 35.2. The molecule has 1 heterocycles. The number of aromatic hydroxyl groups is 2. The van der Waals surface area contributed by atoms with E-state index < -0.39 is 39.4 Å². The van der Waals surface area contributed by atoms with Crippen molar-refractivity contribution in [3.63, 3.8) is 0 Å². The van der Waals surface area contributed by atoms with Gasteiger partial charge in [-0.2, -0.15) is 0 Å². The standard InChI is InChI=1S/C12H9N3O6/c16-8-3-1-2-7(15(20)21)11(8)14-12(19)6-4-9(17)13-10(18)5-6/h1-5,16H,(H,14,19)(H2,13,17,18). The van der Waals surface area contributed by atoms with Crippen molar-refractivity contribution in [3.05, 3.63) is 56.4 Å². The summed E-state index contributed by atoms with van der Waals surface area (Å²) in [6.07, 6.45) is 0. The molecule has 108 valence electrons. The van der Waals surface area contributed by atoms with Gasteiger partial charge in [0.25, 0.3) is 17.2 Å². The van der Waals surface area contributed by atoms with Crippen molar-refractivity contribution >= 4 is 17.3 Å². The average molecular weight is 291 g/mol. The molecule has 9 nitrogen and oxygen atoms in total. The maximum atomic E-state index is 11.9. The largest absolute Gasteiger partial charge is 0.505 e. The number of pyridine rings is 1. The molecule has 0 saturated heterocycles. The Morgan fingerprint density at radius 3 is 2.62 bits per heavy atom. The van der Waals surface area contributed by atoms with Gasteiger partial charge in [0.15, 0.2) is 11.6 Å². The van der Waals surface area contributed by atoms with Crippen LogP contribution in [0.5, 0.6) is 11.6 Å². The van der Waals surface area contributed by atoms with E-state index >= 15 is 0 Å². The number of carbonyl (C=O) groups is 1. The molecule has 0 aliphatic carbocycles. The third-order valence-corrected chi connectivity index (χ3v) is 2.55. The predicted octanol–water partition coefficient (Wildman–Crippen LogP) is 0.947. The highest BCUT2D eigenvalue weighted by molar-refractivity contribution is 6.06. The van der Waals surface area contributed by atoms with Gasteiger partial charge in [-0.1, -0.05) is 6.07 Å². The molecule has 0 fully saturated rings. The maximum absolute atomic E-state index is 11.9. The van der Waals surface area contributed by atoms with E-state index in [4.69, 9.17) is 0 Å². The number of nitro groups is 1. The molecule has 0 aliphatic rings. The second-order valence-corrected chi connectivity index (χ2v) is 4.00. The SMILES string of the molecule is O=C(Nc1c(O)cccc1[N+](=O)[O-])c1cc(O)[nH]c(=O)c1. The number of para-hydroxylation sites is 1. The Morgan fingerprint density at radius 2 is 2.00 bits per heavy atom. The molecule has 0 aliphatic heterocycles. The summed E-state index contributed by atoms with van der Waals surface area (Å²) in [6.45, 7) is 0. The van der Waals surface area contributed by atoms with Gasteiger partial charge in [-0.3, -0.25) is 24.7 Å². The number of benzene rings is 1. The van der Waals surface area contributed by atoms with Crippen molar-refractivity contribution in [1.82, 2.24) is 4.98 Å². The fourth-order valence-electron chi connectivity index (χ4n) is 1.65. The molecule has 0 bridgehead atoms. The second kappa shape index (κ2) is 5.33. The molecular weight excluding hydrogens is 282 g/mol. The Morgan fingerprint density at radius 1 is 1.29 bits per heavy atom. The van der Waals surface area contributed by atoms with Crippen LogP contribution in [0.15, 0.2) is 35.1 Å². The normalized spacial score (nSPS) is 10.1. The smallest absolute Gasteiger partial charge is 0.296 e. The van der Waals surface area contributed by atoms with E-state index in [1.165, 1.54) is 6.07 Å². The van der Waals surface area contributed by atoms with Crippen LogP contribution in [0.1, 0.15) is 10.4 Å². The fourth-order valence-corrected chi connectivity index (χ4v) is 1.65. The zero-order valence-corrected chi connectivity index (χ0v) is 10.4. The van der Waals surface area contributed by atoms with E-state index in [1.54, 1.807) is 0 Å². The average Bonchev–Trinajstić information content (AvgIpc) is 2.39. The monoisotopic (exact) mass is 291 g/mol. The number of nitrogens with one attached hydrogen (secondary N) is 2. The highest BCUT2D eigenvalue weighted by Crippen LogP contribution is 2.33. The topological polar surface area (TPSA) is 146 Å². The minimum Gasteiger partial charge on any atom is -0.505 e. The first-order valence-corrected chi connectivity index (χ1v) is 5.59. The van der Waals surface area contributed by atoms with Crippen molar-refractivity contribution < 1.29 is 19.9 Å². The Kier molecular flexibility index (Phi) is 3.57. The summed E-state index contributed by atoms with van der Waals surface area (Å²) < 4.78 is 0. The summed E-state index contributed by atoms with van der Waals surface area (Å²) in [7, 11) is 0. The van der Waals surface area contributed by atoms with Gasteiger partial charge in [-0.25, -0.2) is 0 Å². The number of amides is 1. The molecule has 1 amide bonds. The van der Waals surface area contributed by atoms with Crippen LogP contribution in [-0.2, 0) is 0 Å². The molecule has 1 aromatic carbocycles. The zero-order chi connectivity index (χ0) is 15.6. The number of nitrogens with zero attached hydrogens (tertiary/aromatic N) is 1. The highest BCUT2D eigenvalue weighted by Gasteiger charge is 2.20. The molecule has 2 rings (SSSR count). The molecule has 0 radical (unpaired) electrons. The third-order valence-electron chi connectivity index (χ3n) is 2.55. The molecule has 0 saturated carbocycles. The van der Waals surface area contributed by atoms with Crippen LogP contribution in [0, 0.1) is 10.1 Å². The first-order valence-electron chi connectivity index (χ1n) is 5.59. The number of hydrogen-bond donors (Lipinski definition) is 4. The van der Waals surface area contributed by atoms with E-state index in [-0.39, 0.29) is 5.56 Å². The quantitative estimate of drug-likeness (QED) is 0.376. The number of carbonyl (C=O) groups excluding carboxylic acids is 1. The van der Waals surface area contributed by atoms with Crippen LogP contribution in [-0.4, -0.2) is 26.0 Å². The van der Waals surface area contributed by atoms with Gasteiger partial charge < -0.3 is 15.5 Å². The fraction of sp³-hybridized carbons (Fsp3) is 0. The van der Waals surface area contributed by atoms with Crippen LogP contribution in [0.3, 0.4) is 0 Å². The number of anilines is 1. The minimum atomic E-state index is -0.888. The van der Waals surface area contributed by atoms with Crippen LogP contribution >= 0.6 is 0 Å². The maximum Gasteiger partial charge on any atom is 0.296 e. The van der Waals surface area contributed by atoms with E-state index in [0.29, 0.717) is 0 Å². The molecule has 9 heteroatoms. The number of rotatable bonds is 3. The molecular formula is C12H9N3O6. The van der Waals surface area contributed by atoms with Crippen molar-refractivity contribution in [1.29, 1.82) is 0 Å². The van der Waals surface area contributed by atoms with Gasteiger partial charge >= 0.3 is 0 Å². The Balaban J connectivity index is 2.40. The van der Waals surface area contributed by atoms with E-state index in [1.807, 2.05) is 4.98 Å². The van der Waals surface area contributed by atoms with Gasteiger partial charge in [-0.05, 0) is 6.07 Å². The lowest BCUT2D eigenvalue weighted by atomic mass is 10.2. The predicted molar refractivity (Wildman–Crippen MR) is 71.4 cm³/mol.